The van der Waals surface area contributed by atoms with Gasteiger partial charge in [-0.05, 0) is 24.0 Å². The topological polar surface area (TPSA) is 61.9 Å². The molecule has 0 aromatic heterocycles. The van der Waals surface area contributed by atoms with Crippen molar-refractivity contribution < 1.29 is 27.5 Å². The highest BCUT2D eigenvalue weighted by Gasteiger charge is 2.68. The van der Waals surface area contributed by atoms with E-state index in [2.05, 4.69) is 0 Å². The SMILES string of the molecule is O=C1NC(c2ccccc2)(C(F)(F)F)C(=O)N1CN(Cc1ccccc1)CC1CCCO1. The monoisotopic (exact) mass is 447 g/mol. The molecule has 0 spiro atoms. The van der Waals surface area contributed by atoms with E-state index in [0.717, 1.165) is 18.4 Å². The summed E-state index contributed by atoms with van der Waals surface area (Å²) in [5, 5.41) is 1.94. The van der Waals surface area contributed by atoms with Gasteiger partial charge in [0.1, 0.15) is 0 Å². The number of hydrogen-bond donors (Lipinski definition) is 1. The second-order valence-electron chi connectivity index (χ2n) is 8.05. The maximum absolute atomic E-state index is 14.2. The lowest BCUT2D eigenvalue weighted by molar-refractivity contribution is -0.198. The molecule has 9 heteroatoms. The Hall–Kier alpha value is -2.91. The van der Waals surface area contributed by atoms with Crippen molar-refractivity contribution in [1.82, 2.24) is 15.1 Å². The highest BCUT2D eigenvalue weighted by Crippen LogP contribution is 2.43. The first kappa shape index (κ1) is 22.3. The number of urea groups is 1. The first-order chi connectivity index (χ1) is 15.3. The molecule has 0 radical (unpaired) electrons. The minimum atomic E-state index is -5.01. The third-order valence-electron chi connectivity index (χ3n) is 5.81. The molecule has 3 amide bonds. The molecular formula is C23H24F3N3O3. The molecule has 2 aliphatic heterocycles. The fraction of sp³-hybridized carbons (Fsp3) is 0.391. The molecule has 0 aliphatic carbocycles. The van der Waals surface area contributed by atoms with Crippen molar-refractivity contribution in [2.24, 2.45) is 0 Å². The number of benzene rings is 2. The number of alkyl halides is 3. The molecule has 2 aliphatic rings. The van der Waals surface area contributed by atoms with Gasteiger partial charge in [0.2, 0.25) is 5.54 Å². The molecule has 1 N–H and O–H groups in total. The zero-order valence-corrected chi connectivity index (χ0v) is 17.3. The van der Waals surface area contributed by atoms with Gasteiger partial charge in [-0.25, -0.2) is 9.69 Å². The van der Waals surface area contributed by atoms with Gasteiger partial charge in [-0.15, -0.1) is 0 Å². The number of nitrogens with one attached hydrogen (secondary N) is 1. The van der Waals surface area contributed by atoms with Gasteiger partial charge in [0.05, 0.1) is 12.8 Å². The van der Waals surface area contributed by atoms with Gasteiger partial charge >= 0.3 is 12.2 Å². The smallest absolute Gasteiger partial charge is 0.377 e. The number of ether oxygens (including phenoxy) is 1. The van der Waals surface area contributed by atoms with Crippen molar-refractivity contribution in [1.29, 1.82) is 0 Å². The van der Waals surface area contributed by atoms with Crippen LogP contribution >= 0.6 is 0 Å². The van der Waals surface area contributed by atoms with Crippen molar-refractivity contribution in [3.05, 3.63) is 71.8 Å². The first-order valence-electron chi connectivity index (χ1n) is 10.5. The summed E-state index contributed by atoms with van der Waals surface area (Å²) in [6.07, 6.45) is -3.38. The van der Waals surface area contributed by atoms with Crippen LogP contribution in [0.25, 0.3) is 0 Å². The molecule has 6 nitrogen and oxygen atoms in total. The van der Waals surface area contributed by atoms with E-state index in [9.17, 15) is 22.8 Å². The van der Waals surface area contributed by atoms with E-state index in [1.807, 2.05) is 35.6 Å². The predicted molar refractivity (Wildman–Crippen MR) is 110 cm³/mol. The summed E-state index contributed by atoms with van der Waals surface area (Å²) >= 11 is 0. The average molecular weight is 447 g/mol. The Balaban J connectivity index is 1.61. The molecule has 2 saturated heterocycles. The van der Waals surface area contributed by atoms with Crippen molar-refractivity contribution >= 4 is 11.9 Å². The molecule has 2 unspecified atom stereocenters. The van der Waals surface area contributed by atoms with E-state index in [1.165, 1.54) is 24.3 Å². The summed E-state index contributed by atoms with van der Waals surface area (Å²) in [7, 11) is 0. The van der Waals surface area contributed by atoms with E-state index < -0.39 is 23.7 Å². The molecule has 0 bridgehead atoms. The summed E-state index contributed by atoms with van der Waals surface area (Å²) in [4.78, 5) is 28.3. The van der Waals surface area contributed by atoms with Crippen molar-refractivity contribution in [2.75, 3.05) is 19.8 Å². The van der Waals surface area contributed by atoms with Crippen LogP contribution < -0.4 is 5.32 Å². The lowest BCUT2D eigenvalue weighted by Gasteiger charge is -2.31. The molecule has 170 valence electrons. The number of hydrogen-bond acceptors (Lipinski definition) is 4. The van der Waals surface area contributed by atoms with Crippen LogP contribution in [0.15, 0.2) is 60.7 Å². The van der Waals surface area contributed by atoms with Gasteiger partial charge in [-0.3, -0.25) is 9.69 Å². The Labute approximate surface area is 183 Å². The Kier molecular flexibility index (Phi) is 6.21. The van der Waals surface area contributed by atoms with Crippen LogP contribution in [0.2, 0.25) is 0 Å². The Bertz CT molecular complexity index is 949. The summed E-state index contributed by atoms with van der Waals surface area (Å²) < 4.78 is 48.3. The largest absolute Gasteiger partial charge is 0.425 e. The Morgan fingerprint density at radius 3 is 2.31 bits per heavy atom. The normalized spacial score (nSPS) is 23.8. The van der Waals surface area contributed by atoms with Crippen LogP contribution in [0.4, 0.5) is 18.0 Å². The van der Waals surface area contributed by atoms with Gasteiger partial charge in [0.25, 0.3) is 5.91 Å². The number of carbonyl (C=O) groups excluding carboxylic acids is 2. The Morgan fingerprint density at radius 1 is 1.06 bits per heavy atom. The van der Waals surface area contributed by atoms with Crippen molar-refractivity contribution in [3.8, 4) is 0 Å². The molecule has 2 aromatic carbocycles. The van der Waals surface area contributed by atoms with Crippen LogP contribution in [0.5, 0.6) is 0 Å². The number of halogens is 3. The third-order valence-corrected chi connectivity index (χ3v) is 5.81. The Morgan fingerprint density at radius 2 is 1.72 bits per heavy atom. The lowest BCUT2D eigenvalue weighted by atomic mass is 9.89. The second-order valence-corrected chi connectivity index (χ2v) is 8.05. The van der Waals surface area contributed by atoms with Crippen molar-refractivity contribution in [2.45, 2.75) is 37.2 Å². The third kappa shape index (κ3) is 4.22. The van der Waals surface area contributed by atoms with Crippen LogP contribution in [0.1, 0.15) is 24.0 Å². The van der Waals surface area contributed by atoms with E-state index in [-0.39, 0.29) is 18.3 Å². The summed E-state index contributed by atoms with van der Waals surface area (Å²) in [6, 6.07) is 15.0. The lowest BCUT2D eigenvalue weighted by Crippen LogP contribution is -2.56. The number of carbonyl (C=O) groups is 2. The van der Waals surface area contributed by atoms with E-state index in [1.54, 1.807) is 11.0 Å². The fourth-order valence-corrected chi connectivity index (χ4v) is 4.23. The predicted octanol–water partition coefficient (Wildman–Crippen LogP) is 3.63. The van der Waals surface area contributed by atoms with E-state index >= 15 is 0 Å². The van der Waals surface area contributed by atoms with E-state index in [4.69, 9.17) is 4.74 Å². The number of amides is 3. The van der Waals surface area contributed by atoms with Crippen LogP contribution in [-0.2, 0) is 21.6 Å². The minimum absolute atomic E-state index is 0.0963. The van der Waals surface area contributed by atoms with Gasteiger partial charge in [-0.2, -0.15) is 13.2 Å². The van der Waals surface area contributed by atoms with Gasteiger partial charge in [0, 0.05) is 19.7 Å². The standard InChI is InChI=1S/C23H24F3N3O3/c24-23(25,26)22(18-10-5-2-6-11-18)20(30)29(21(31)27-22)16-28(15-19-12-7-13-32-19)14-17-8-3-1-4-9-17/h1-6,8-11,19H,7,12-16H2,(H,27,31). The second kappa shape index (κ2) is 8.91. The summed E-state index contributed by atoms with van der Waals surface area (Å²) in [5.74, 6) is -1.33. The zero-order chi connectivity index (χ0) is 22.8. The molecule has 4 rings (SSSR count). The van der Waals surface area contributed by atoms with Crippen LogP contribution in [0, 0.1) is 0 Å². The van der Waals surface area contributed by atoms with Gasteiger partial charge in [-0.1, -0.05) is 60.7 Å². The molecule has 0 saturated carbocycles. The van der Waals surface area contributed by atoms with Crippen LogP contribution in [0.3, 0.4) is 0 Å². The quantitative estimate of drug-likeness (QED) is 0.659. The van der Waals surface area contributed by atoms with Crippen molar-refractivity contribution in [3.63, 3.8) is 0 Å². The highest BCUT2D eigenvalue weighted by atomic mass is 19.4. The molecule has 2 atom stereocenters. The summed E-state index contributed by atoms with van der Waals surface area (Å²) in [6.45, 7) is 1.11. The highest BCUT2D eigenvalue weighted by molar-refractivity contribution is 6.08. The minimum Gasteiger partial charge on any atom is -0.377 e. The van der Waals surface area contributed by atoms with Crippen LogP contribution in [-0.4, -0.2) is 53.8 Å². The maximum Gasteiger partial charge on any atom is 0.425 e. The fourth-order valence-electron chi connectivity index (χ4n) is 4.23. The maximum atomic E-state index is 14.2. The average Bonchev–Trinajstić information content (AvgIpc) is 3.37. The molecule has 2 fully saturated rings. The molecule has 2 heterocycles. The molecule has 32 heavy (non-hydrogen) atoms. The van der Waals surface area contributed by atoms with E-state index in [0.29, 0.717) is 24.6 Å². The van der Waals surface area contributed by atoms with Gasteiger partial charge < -0.3 is 10.1 Å². The molecular weight excluding hydrogens is 423 g/mol. The number of imide groups is 1. The molecule has 2 aromatic rings. The summed E-state index contributed by atoms with van der Waals surface area (Å²) in [5.41, 5.74) is -2.50. The number of rotatable bonds is 7. The number of nitrogens with zero attached hydrogens (tertiary/aromatic N) is 2. The zero-order valence-electron chi connectivity index (χ0n) is 17.3. The van der Waals surface area contributed by atoms with Gasteiger partial charge in [0.15, 0.2) is 0 Å². The first-order valence-corrected chi connectivity index (χ1v) is 10.5.